The first kappa shape index (κ1) is 15.1. The van der Waals surface area contributed by atoms with E-state index in [0.717, 1.165) is 27.7 Å². The van der Waals surface area contributed by atoms with Crippen molar-refractivity contribution in [2.24, 2.45) is 0 Å². The minimum Gasteiger partial charge on any atom is -0.306 e. The molecule has 0 saturated heterocycles. The summed E-state index contributed by atoms with van der Waals surface area (Å²) < 4.78 is 15.3. The standard InChI is InChI=1S/C16H18BrFN2/c1-4-20-16(12-7-13(17)9-19-8-12)15-11(3)5-10(2)6-14(15)18/h5-9,16,20H,4H2,1-3H3. The summed E-state index contributed by atoms with van der Waals surface area (Å²) in [6.07, 6.45) is 3.50. The van der Waals surface area contributed by atoms with Gasteiger partial charge in [0.2, 0.25) is 0 Å². The van der Waals surface area contributed by atoms with E-state index in [1.54, 1.807) is 18.5 Å². The van der Waals surface area contributed by atoms with Gasteiger partial charge in [0.05, 0.1) is 6.04 Å². The average Bonchev–Trinajstić information content (AvgIpc) is 2.36. The van der Waals surface area contributed by atoms with Crippen LogP contribution in [0.2, 0.25) is 0 Å². The zero-order chi connectivity index (χ0) is 14.7. The molecule has 1 unspecified atom stereocenters. The maximum atomic E-state index is 14.4. The largest absolute Gasteiger partial charge is 0.306 e. The van der Waals surface area contributed by atoms with Gasteiger partial charge in [-0.3, -0.25) is 4.98 Å². The predicted molar refractivity (Wildman–Crippen MR) is 83.3 cm³/mol. The van der Waals surface area contributed by atoms with E-state index in [1.165, 1.54) is 0 Å². The second kappa shape index (κ2) is 6.46. The number of benzene rings is 1. The van der Waals surface area contributed by atoms with E-state index in [2.05, 4.69) is 26.2 Å². The Morgan fingerprint density at radius 1 is 1.25 bits per heavy atom. The van der Waals surface area contributed by atoms with Crippen molar-refractivity contribution in [2.75, 3.05) is 6.54 Å². The Bertz CT molecular complexity index is 590. The van der Waals surface area contributed by atoms with Gasteiger partial charge in [-0.25, -0.2) is 4.39 Å². The van der Waals surface area contributed by atoms with Gasteiger partial charge >= 0.3 is 0 Å². The lowest BCUT2D eigenvalue weighted by molar-refractivity contribution is 0.554. The molecule has 0 aliphatic heterocycles. The van der Waals surface area contributed by atoms with E-state index < -0.39 is 0 Å². The van der Waals surface area contributed by atoms with Gasteiger partial charge in [0.25, 0.3) is 0 Å². The van der Waals surface area contributed by atoms with Crippen LogP contribution in [0.3, 0.4) is 0 Å². The SMILES string of the molecule is CCNC(c1cncc(Br)c1)c1c(C)cc(C)cc1F. The lowest BCUT2D eigenvalue weighted by Crippen LogP contribution is -2.24. The Kier molecular flexibility index (Phi) is 4.89. The predicted octanol–water partition coefficient (Wildman–Crippen LogP) is 4.30. The second-order valence-electron chi connectivity index (χ2n) is 4.90. The van der Waals surface area contributed by atoms with Crippen LogP contribution < -0.4 is 5.32 Å². The van der Waals surface area contributed by atoms with Crippen LogP contribution in [0.25, 0.3) is 0 Å². The molecule has 0 spiro atoms. The zero-order valence-electron chi connectivity index (χ0n) is 11.9. The van der Waals surface area contributed by atoms with E-state index in [-0.39, 0.29) is 11.9 Å². The maximum absolute atomic E-state index is 14.4. The molecule has 1 heterocycles. The van der Waals surface area contributed by atoms with Gasteiger partial charge in [0.1, 0.15) is 5.82 Å². The summed E-state index contributed by atoms with van der Waals surface area (Å²) in [6, 6.07) is 5.37. The summed E-state index contributed by atoms with van der Waals surface area (Å²) in [7, 11) is 0. The lowest BCUT2D eigenvalue weighted by Gasteiger charge is -2.22. The molecule has 0 radical (unpaired) electrons. The van der Waals surface area contributed by atoms with Crippen LogP contribution in [-0.4, -0.2) is 11.5 Å². The molecule has 2 nitrogen and oxygen atoms in total. The highest BCUT2D eigenvalue weighted by Crippen LogP contribution is 2.29. The van der Waals surface area contributed by atoms with Crippen molar-refractivity contribution in [1.82, 2.24) is 10.3 Å². The Morgan fingerprint density at radius 3 is 2.60 bits per heavy atom. The molecule has 1 aromatic carbocycles. The van der Waals surface area contributed by atoms with E-state index in [0.29, 0.717) is 5.56 Å². The molecule has 4 heteroatoms. The van der Waals surface area contributed by atoms with Crippen molar-refractivity contribution in [3.05, 3.63) is 63.1 Å². The van der Waals surface area contributed by atoms with Crippen molar-refractivity contribution < 1.29 is 4.39 Å². The molecule has 1 N–H and O–H groups in total. The molecule has 1 aromatic heterocycles. The first-order chi connectivity index (χ1) is 9.52. The first-order valence-electron chi connectivity index (χ1n) is 6.63. The quantitative estimate of drug-likeness (QED) is 0.900. The van der Waals surface area contributed by atoms with Gasteiger partial charge in [-0.2, -0.15) is 0 Å². The van der Waals surface area contributed by atoms with Crippen LogP contribution in [0.1, 0.15) is 35.2 Å². The Labute approximate surface area is 127 Å². The fraction of sp³-hybridized carbons (Fsp3) is 0.312. The van der Waals surface area contributed by atoms with E-state index in [1.807, 2.05) is 32.9 Å². The number of nitrogens with zero attached hydrogens (tertiary/aromatic N) is 1. The third-order valence-corrected chi connectivity index (χ3v) is 3.67. The number of nitrogens with one attached hydrogen (secondary N) is 1. The normalized spacial score (nSPS) is 12.4. The number of hydrogen-bond acceptors (Lipinski definition) is 2. The summed E-state index contributed by atoms with van der Waals surface area (Å²) >= 11 is 3.42. The fourth-order valence-electron chi connectivity index (χ4n) is 2.47. The van der Waals surface area contributed by atoms with Gasteiger partial charge in [0.15, 0.2) is 0 Å². The molecule has 20 heavy (non-hydrogen) atoms. The topological polar surface area (TPSA) is 24.9 Å². The Hall–Kier alpha value is -1.26. The smallest absolute Gasteiger partial charge is 0.128 e. The van der Waals surface area contributed by atoms with Gasteiger partial charge in [0, 0.05) is 22.4 Å². The number of aryl methyl sites for hydroxylation is 2. The van der Waals surface area contributed by atoms with E-state index >= 15 is 0 Å². The lowest BCUT2D eigenvalue weighted by atomic mass is 9.94. The van der Waals surface area contributed by atoms with Gasteiger partial charge in [-0.05, 0) is 65.1 Å². The van der Waals surface area contributed by atoms with Crippen molar-refractivity contribution in [3.63, 3.8) is 0 Å². The number of aromatic nitrogens is 1. The van der Waals surface area contributed by atoms with Crippen molar-refractivity contribution in [3.8, 4) is 0 Å². The van der Waals surface area contributed by atoms with Crippen LogP contribution in [0, 0.1) is 19.7 Å². The summed E-state index contributed by atoms with van der Waals surface area (Å²) in [4.78, 5) is 4.18. The molecule has 0 fully saturated rings. The van der Waals surface area contributed by atoms with Gasteiger partial charge in [-0.15, -0.1) is 0 Å². The number of hydrogen-bond donors (Lipinski definition) is 1. The number of halogens is 2. The molecule has 0 aliphatic carbocycles. The molecule has 0 amide bonds. The van der Waals surface area contributed by atoms with Crippen molar-refractivity contribution in [2.45, 2.75) is 26.8 Å². The molecule has 1 atom stereocenters. The summed E-state index contributed by atoms with van der Waals surface area (Å²) in [5.41, 5.74) is 3.53. The molecule has 2 aromatic rings. The van der Waals surface area contributed by atoms with Crippen LogP contribution in [-0.2, 0) is 0 Å². The van der Waals surface area contributed by atoms with Crippen LogP contribution in [0.5, 0.6) is 0 Å². The minimum absolute atomic E-state index is 0.173. The maximum Gasteiger partial charge on any atom is 0.128 e. The molecule has 0 saturated carbocycles. The highest BCUT2D eigenvalue weighted by molar-refractivity contribution is 9.10. The molecule has 106 valence electrons. The van der Waals surface area contributed by atoms with Gasteiger partial charge < -0.3 is 5.32 Å². The Balaban J connectivity index is 2.54. The highest BCUT2D eigenvalue weighted by Gasteiger charge is 2.20. The van der Waals surface area contributed by atoms with E-state index in [4.69, 9.17) is 0 Å². The molecular formula is C16H18BrFN2. The monoisotopic (exact) mass is 336 g/mol. The molecule has 0 aliphatic rings. The second-order valence-corrected chi connectivity index (χ2v) is 5.82. The zero-order valence-corrected chi connectivity index (χ0v) is 13.5. The van der Waals surface area contributed by atoms with Crippen LogP contribution in [0.15, 0.2) is 35.1 Å². The van der Waals surface area contributed by atoms with Crippen LogP contribution in [0.4, 0.5) is 4.39 Å². The molecular weight excluding hydrogens is 319 g/mol. The number of pyridine rings is 1. The summed E-state index contributed by atoms with van der Waals surface area (Å²) in [5, 5.41) is 3.34. The Morgan fingerprint density at radius 2 is 2.00 bits per heavy atom. The minimum atomic E-state index is -0.189. The van der Waals surface area contributed by atoms with Crippen molar-refractivity contribution in [1.29, 1.82) is 0 Å². The fourth-order valence-corrected chi connectivity index (χ4v) is 2.85. The summed E-state index contributed by atoms with van der Waals surface area (Å²) in [6.45, 7) is 6.62. The first-order valence-corrected chi connectivity index (χ1v) is 7.42. The van der Waals surface area contributed by atoms with Crippen LogP contribution >= 0.6 is 15.9 Å². The highest BCUT2D eigenvalue weighted by atomic mass is 79.9. The molecule has 2 rings (SSSR count). The van der Waals surface area contributed by atoms with E-state index in [9.17, 15) is 4.39 Å². The molecule has 0 bridgehead atoms. The average molecular weight is 337 g/mol. The van der Waals surface area contributed by atoms with Crippen molar-refractivity contribution >= 4 is 15.9 Å². The third kappa shape index (κ3) is 3.25. The number of rotatable bonds is 4. The van der Waals surface area contributed by atoms with Gasteiger partial charge in [-0.1, -0.05) is 13.0 Å². The summed E-state index contributed by atoms with van der Waals surface area (Å²) in [5.74, 6) is -0.173. The third-order valence-electron chi connectivity index (χ3n) is 3.24.